The fourth-order valence-corrected chi connectivity index (χ4v) is 7.95. The third-order valence-corrected chi connectivity index (χ3v) is 14.3. The number of pyridine rings is 1. The molecule has 1 aromatic heterocycles. The lowest BCUT2D eigenvalue weighted by atomic mass is 10.1. The maximum atomic E-state index is 11.9. The molecule has 8 N–H and O–H groups in total. The normalized spacial score (nSPS) is 14.0. The van der Waals surface area contributed by atoms with E-state index >= 15 is 0 Å². The van der Waals surface area contributed by atoms with E-state index in [1.54, 1.807) is 16.9 Å². The summed E-state index contributed by atoms with van der Waals surface area (Å²) in [6.07, 6.45) is 2.47. The number of carboxylic acids is 1. The number of hydrogen-bond donors (Lipinski definition) is 8. The topological polar surface area (TPSA) is 389 Å². The number of esters is 2. The van der Waals surface area contributed by atoms with Crippen LogP contribution in [0.4, 0.5) is 5.69 Å². The highest BCUT2D eigenvalue weighted by Crippen LogP contribution is 2.42. The van der Waals surface area contributed by atoms with Crippen LogP contribution in [0.3, 0.4) is 0 Å². The molecule has 8 unspecified atom stereocenters. The molecular formula is C54H101N3O25S2. The van der Waals surface area contributed by atoms with E-state index in [4.69, 9.17) is 87.5 Å². The Morgan fingerprint density at radius 1 is 0.619 bits per heavy atom. The van der Waals surface area contributed by atoms with Crippen molar-refractivity contribution in [2.75, 3.05) is 114 Å². The first-order chi connectivity index (χ1) is 40.2. The smallest absolute Gasteiger partial charge is 0.305 e. The predicted molar refractivity (Wildman–Crippen MR) is 311 cm³/mol. The average molecular weight is 1260 g/mol. The Hall–Kier alpha value is -3.51. The highest BCUT2D eigenvalue weighted by molar-refractivity contribution is 8.77. The van der Waals surface area contributed by atoms with E-state index in [-0.39, 0.29) is 126 Å². The molecule has 1 aromatic rings. The van der Waals surface area contributed by atoms with Crippen LogP contribution in [0, 0.1) is 10.1 Å². The maximum Gasteiger partial charge on any atom is 0.305 e. The van der Waals surface area contributed by atoms with E-state index in [0.29, 0.717) is 76.7 Å². The second-order valence-electron chi connectivity index (χ2n) is 18.4. The van der Waals surface area contributed by atoms with Gasteiger partial charge in [-0.1, -0.05) is 45.4 Å². The van der Waals surface area contributed by atoms with Crippen LogP contribution in [-0.2, 0) is 76.0 Å². The summed E-state index contributed by atoms with van der Waals surface area (Å²) in [5.41, 5.74) is -0.0309. The van der Waals surface area contributed by atoms with Crippen LogP contribution in [0.2, 0.25) is 0 Å². The van der Waals surface area contributed by atoms with E-state index in [1.807, 2.05) is 34.6 Å². The SMILES string of the molecule is CCC(CO)OC(CO)OC.CCC(CO)OC(COC(=O)CCCC(=O)NCCOCCOCCC(C)(C)SSc1ccc([N+](=O)[O-])cn1)OC.CCC(CO)OC(COC(=O)CCCC(=O)O)OC.CCCOC(CO)OC(CC)CO. The first-order valence-corrected chi connectivity index (χ1v) is 30.2. The number of aliphatic hydroxyl groups is 6. The molecule has 0 saturated carbocycles. The van der Waals surface area contributed by atoms with E-state index in [1.165, 1.54) is 44.4 Å². The van der Waals surface area contributed by atoms with Gasteiger partial charge in [0.25, 0.3) is 5.69 Å². The van der Waals surface area contributed by atoms with Crippen molar-refractivity contribution in [1.29, 1.82) is 0 Å². The first-order valence-electron chi connectivity index (χ1n) is 28.1. The van der Waals surface area contributed by atoms with Crippen molar-refractivity contribution in [3.8, 4) is 0 Å². The number of nitrogens with zero attached hydrogens (tertiary/aromatic N) is 2. The van der Waals surface area contributed by atoms with Gasteiger partial charge in [-0.2, -0.15) is 0 Å². The predicted octanol–water partition coefficient (Wildman–Crippen LogP) is 4.32. The van der Waals surface area contributed by atoms with Crippen molar-refractivity contribution in [1.82, 2.24) is 10.3 Å². The number of carbonyl (C=O) groups excluding carboxylic acids is 3. The highest BCUT2D eigenvalue weighted by atomic mass is 33.1. The van der Waals surface area contributed by atoms with Crippen molar-refractivity contribution in [3.63, 3.8) is 0 Å². The number of carboxylic acid groups (broad SMARTS) is 1. The zero-order valence-corrected chi connectivity index (χ0v) is 52.6. The molecule has 0 aliphatic heterocycles. The van der Waals surface area contributed by atoms with Crippen molar-refractivity contribution in [2.24, 2.45) is 0 Å². The molecule has 1 amide bonds. The lowest BCUT2D eigenvalue weighted by Crippen LogP contribution is -2.30. The zero-order valence-electron chi connectivity index (χ0n) is 50.9. The van der Waals surface area contributed by atoms with Crippen LogP contribution in [0.5, 0.6) is 0 Å². The van der Waals surface area contributed by atoms with Gasteiger partial charge in [0.05, 0.1) is 88.8 Å². The van der Waals surface area contributed by atoms with Gasteiger partial charge in [0.2, 0.25) is 5.91 Å². The summed E-state index contributed by atoms with van der Waals surface area (Å²) in [6.45, 7) is 15.5. The van der Waals surface area contributed by atoms with Crippen molar-refractivity contribution in [3.05, 3.63) is 28.4 Å². The molecule has 1 heterocycles. The molecule has 0 aliphatic carbocycles. The molecule has 30 heteroatoms. The molecule has 84 heavy (non-hydrogen) atoms. The second-order valence-corrected chi connectivity index (χ2v) is 21.2. The number of hydrogen-bond acceptors (Lipinski definition) is 27. The summed E-state index contributed by atoms with van der Waals surface area (Å²) in [7, 11) is 7.38. The number of methoxy groups -OCH3 is 3. The van der Waals surface area contributed by atoms with E-state index in [0.717, 1.165) is 12.8 Å². The highest BCUT2D eigenvalue weighted by Gasteiger charge is 2.22. The third-order valence-electron chi connectivity index (χ3n) is 11.0. The molecule has 0 radical (unpaired) electrons. The lowest BCUT2D eigenvalue weighted by molar-refractivity contribution is -0.385. The Balaban J connectivity index is -0.00000124. The zero-order chi connectivity index (χ0) is 64.0. The Bertz CT molecular complexity index is 1720. The molecule has 494 valence electrons. The Labute approximate surface area is 503 Å². The van der Waals surface area contributed by atoms with Crippen molar-refractivity contribution >= 4 is 51.1 Å². The van der Waals surface area contributed by atoms with Gasteiger partial charge in [0.1, 0.15) is 24.4 Å². The minimum atomic E-state index is -0.945. The number of aliphatic hydroxyl groups excluding tert-OH is 6. The minimum absolute atomic E-state index is 0.0309. The quantitative estimate of drug-likeness (QED) is 0.0112. The Kier molecular flexibility index (Phi) is 57.7. The van der Waals surface area contributed by atoms with Gasteiger partial charge in [-0.25, -0.2) is 4.98 Å². The average Bonchev–Trinajstić information content (AvgIpc) is 3.50. The van der Waals surface area contributed by atoms with Gasteiger partial charge in [0.15, 0.2) is 25.2 Å². The molecule has 0 aromatic carbocycles. The number of nitrogens with one attached hydrogen (secondary N) is 1. The van der Waals surface area contributed by atoms with Crippen LogP contribution >= 0.6 is 21.6 Å². The van der Waals surface area contributed by atoms with Gasteiger partial charge in [0, 0.05) is 77.6 Å². The number of nitro groups is 1. The maximum absolute atomic E-state index is 11.9. The fraction of sp³-hybridized carbons (Fsp3) is 0.833. The van der Waals surface area contributed by atoms with Crippen LogP contribution in [0.1, 0.15) is 126 Å². The van der Waals surface area contributed by atoms with E-state index < -0.39 is 48.0 Å². The first kappa shape index (κ1) is 84.7. The molecule has 0 spiro atoms. The summed E-state index contributed by atoms with van der Waals surface area (Å²) >= 11 is 0. The fourth-order valence-electron chi connectivity index (χ4n) is 5.78. The molecule has 28 nitrogen and oxygen atoms in total. The summed E-state index contributed by atoms with van der Waals surface area (Å²) in [5, 5.41) is 75.8. The number of carbonyl (C=O) groups is 4. The molecule has 0 saturated heterocycles. The number of ether oxygens (including phenoxy) is 12. The van der Waals surface area contributed by atoms with Crippen molar-refractivity contribution in [2.45, 2.75) is 185 Å². The minimum Gasteiger partial charge on any atom is -0.481 e. The van der Waals surface area contributed by atoms with E-state index in [9.17, 15) is 34.4 Å². The summed E-state index contributed by atoms with van der Waals surface area (Å²) < 4.78 is 62.3. The molecular weight excluding hydrogens is 1150 g/mol. The molecule has 0 aliphatic rings. The van der Waals surface area contributed by atoms with Gasteiger partial charge in [-0.05, 0) is 82.1 Å². The number of rotatable bonds is 49. The summed E-state index contributed by atoms with van der Waals surface area (Å²) in [4.78, 5) is 59.7. The summed E-state index contributed by atoms with van der Waals surface area (Å²) in [5.74, 6) is -2.07. The number of amides is 1. The van der Waals surface area contributed by atoms with E-state index in [2.05, 4.69) is 24.1 Å². The lowest BCUT2D eigenvalue weighted by Gasteiger charge is -2.22. The van der Waals surface area contributed by atoms with Gasteiger partial charge in [-0.3, -0.25) is 29.3 Å². The largest absolute Gasteiger partial charge is 0.481 e. The Morgan fingerprint density at radius 2 is 1.07 bits per heavy atom. The van der Waals surface area contributed by atoms with Crippen LogP contribution < -0.4 is 5.32 Å². The number of aromatic nitrogens is 1. The standard InChI is InChI=1S/C26H43N3O10S2.C12H22O7.C9H20O4.C7H16O4/c1-5-21(18-30)39-25(35-4)19-38-24(32)8-6-7-22(31)27-12-14-37-16-15-36-13-11-26(2,3)41-40-23-10-9-20(17-28-23)29(33)34;1-3-9(7-13)19-12(17-2)8-18-11(16)6-4-5-10(14)15;1-3-5-12-9(7-11)13-8(4-2)6-10;1-3-6(4-8)11-7(5-9)10-2/h9-10,17,21,25,30H,5-8,11-16,18-19H2,1-4H3,(H,27,31);9,12-13H,3-8H2,1-2H3,(H,14,15);8-11H,3-7H2,1-2H3;6-9H,3-5H2,1-2H3. The van der Waals surface area contributed by atoms with Crippen LogP contribution in [-0.4, -0.2) is 238 Å². The van der Waals surface area contributed by atoms with Crippen molar-refractivity contribution < 1.29 is 117 Å². The molecule has 8 atom stereocenters. The second kappa shape index (κ2) is 57.2. The van der Waals surface area contributed by atoms with Gasteiger partial charge in [-0.15, -0.1) is 0 Å². The molecule has 0 fully saturated rings. The van der Waals surface area contributed by atoms with Gasteiger partial charge >= 0.3 is 17.9 Å². The molecule has 0 bridgehead atoms. The van der Waals surface area contributed by atoms with Crippen LogP contribution in [0.25, 0.3) is 0 Å². The monoisotopic (exact) mass is 1260 g/mol. The third kappa shape index (κ3) is 49.6. The van der Waals surface area contributed by atoms with Gasteiger partial charge < -0.3 is 97.9 Å². The molecule has 1 rings (SSSR count). The number of aliphatic carboxylic acids is 1. The van der Waals surface area contributed by atoms with Crippen LogP contribution in [0.15, 0.2) is 23.4 Å². The Morgan fingerprint density at radius 3 is 1.46 bits per heavy atom. The summed E-state index contributed by atoms with van der Waals surface area (Å²) in [6, 6.07) is 3.08.